The fourth-order valence-corrected chi connectivity index (χ4v) is 3.52. The van der Waals surface area contributed by atoms with Gasteiger partial charge in [-0.05, 0) is 50.9 Å². The molecule has 2 saturated heterocycles. The van der Waals surface area contributed by atoms with Gasteiger partial charge in [0.05, 0.1) is 12.2 Å². The molecule has 0 saturated carbocycles. The van der Waals surface area contributed by atoms with Crippen LogP contribution in [0.1, 0.15) is 42.5 Å². The van der Waals surface area contributed by atoms with E-state index in [1.807, 2.05) is 0 Å². The topological polar surface area (TPSA) is 42.4 Å². The zero-order valence-electron chi connectivity index (χ0n) is 11.8. The molecule has 0 amide bonds. The first-order chi connectivity index (χ1) is 9.84. The van der Waals surface area contributed by atoms with E-state index in [9.17, 15) is 4.79 Å². The van der Waals surface area contributed by atoms with Crippen LogP contribution in [0.25, 0.3) is 0 Å². The minimum atomic E-state index is -0.244. The molecule has 0 aliphatic carbocycles. The third-order valence-corrected chi connectivity index (χ3v) is 4.55. The lowest BCUT2D eigenvalue weighted by Crippen LogP contribution is -2.49. The van der Waals surface area contributed by atoms with E-state index in [4.69, 9.17) is 4.74 Å². The molecule has 108 valence electrons. The van der Waals surface area contributed by atoms with Gasteiger partial charge >= 0.3 is 5.97 Å². The van der Waals surface area contributed by atoms with Gasteiger partial charge in [0.25, 0.3) is 0 Å². The number of piperidine rings is 2. The Morgan fingerprint density at radius 3 is 3.05 bits per heavy atom. The Hall–Kier alpha value is -1.42. The highest BCUT2D eigenvalue weighted by Crippen LogP contribution is 2.31. The van der Waals surface area contributed by atoms with Gasteiger partial charge in [-0.25, -0.2) is 4.79 Å². The first kappa shape index (κ1) is 13.6. The maximum Gasteiger partial charge on any atom is 0.339 e. The highest BCUT2D eigenvalue weighted by Gasteiger charge is 2.33. The lowest BCUT2D eigenvalue weighted by atomic mass is 9.84. The van der Waals surface area contributed by atoms with E-state index in [2.05, 4.69) is 9.88 Å². The molecule has 2 atom stereocenters. The second kappa shape index (κ2) is 6.35. The Bertz CT molecular complexity index is 447. The van der Waals surface area contributed by atoms with Crippen molar-refractivity contribution in [2.75, 3.05) is 19.7 Å². The third kappa shape index (κ3) is 3.01. The lowest BCUT2D eigenvalue weighted by Gasteiger charge is -2.44. The molecule has 1 aromatic heterocycles. The summed E-state index contributed by atoms with van der Waals surface area (Å²) in [7, 11) is 0. The fraction of sp³-hybridized carbons (Fsp3) is 0.625. The summed E-state index contributed by atoms with van der Waals surface area (Å²) < 4.78 is 5.51. The standard InChI is InChI=1S/C16H22N2O2/c19-16(13-5-3-8-17-11-13)20-12-14-6-4-10-18-9-2-1-7-15(14)18/h3,5,8,11,14-15H,1-2,4,6-7,9-10,12H2. The minimum absolute atomic E-state index is 0.244. The Kier molecular flexibility index (Phi) is 4.31. The van der Waals surface area contributed by atoms with Crippen molar-refractivity contribution in [3.05, 3.63) is 30.1 Å². The monoisotopic (exact) mass is 274 g/mol. The van der Waals surface area contributed by atoms with Crippen molar-refractivity contribution in [3.63, 3.8) is 0 Å². The van der Waals surface area contributed by atoms with Crippen LogP contribution in [0, 0.1) is 5.92 Å². The highest BCUT2D eigenvalue weighted by molar-refractivity contribution is 5.88. The van der Waals surface area contributed by atoms with Gasteiger partial charge in [-0.3, -0.25) is 9.88 Å². The normalized spacial score (nSPS) is 26.8. The molecule has 0 spiro atoms. The number of fused-ring (bicyclic) bond motifs is 1. The molecule has 2 aliphatic heterocycles. The van der Waals surface area contributed by atoms with Crippen molar-refractivity contribution < 1.29 is 9.53 Å². The second-order valence-electron chi connectivity index (χ2n) is 5.84. The van der Waals surface area contributed by atoms with Crippen molar-refractivity contribution in [1.82, 2.24) is 9.88 Å². The van der Waals surface area contributed by atoms with Gasteiger partial charge in [-0.15, -0.1) is 0 Å². The molecule has 0 bridgehead atoms. The molecule has 20 heavy (non-hydrogen) atoms. The summed E-state index contributed by atoms with van der Waals surface area (Å²) in [6.45, 7) is 2.99. The number of ether oxygens (including phenoxy) is 1. The quantitative estimate of drug-likeness (QED) is 0.794. The maximum atomic E-state index is 12.0. The zero-order valence-corrected chi connectivity index (χ0v) is 11.8. The summed E-state index contributed by atoms with van der Waals surface area (Å²) >= 11 is 0. The number of carbonyl (C=O) groups is 1. The third-order valence-electron chi connectivity index (χ3n) is 4.55. The van der Waals surface area contributed by atoms with Crippen LogP contribution >= 0.6 is 0 Å². The average molecular weight is 274 g/mol. The van der Waals surface area contributed by atoms with Gasteiger partial charge in [0.15, 0.2) is 0 Å². The van der Waals surface area contributed by atoms with Crippen LogP contribution in [0.15, 0.2) is 24.5 Å². The van der Waals surface area contributed by atoms with Crippen molar-refractivity contribution in [2.24, 2.45) is 5.92 Å². The van der Waals surface area contributed by atoms with Crippen LogP contribution in [0.3, 0.4) is 0 Å². The molecule has 0 aromatic carbocycles. The molecule has 3 rings (SSSR count). The van der Waals surface area contributed by atoms with Gasteiger partial charge in [-0.2, -0.15) is 0 Å². The molecule has 2 unspecified atom stereocenters. The molecule has 2 fully saturated rings. The molecule has 2 aliphatic rings. The summed E-state index contributed by atoms with van der Waals surface area (Å²) in [6.07, 6.45) is 9.53. The van der Waals surface area contributed by atoms with Crippen molar-refractivity contribution in [2.45, 2.75) is 38.1 Å². The SMILES string of the molecule is O=C(OCC1CCCN2CCCCC12)c1cccnc1. The van der Waals surface area contributed by atoms with Crippen LogP contribution in [0.5, 0.6) is 0 Å². The van der Waals surface area contributed by atoms with Crippen LogP contribution in [-0.4, -0.2) is 41.6 Å². The van der Waals surface area contributed by atoms with Crippen molar-refractivity contribution >= 4 is 5.97 Å². The number of hydrogen-bond donors (Lipinski definition) is 0. The Labute approximate surface area is 120 Å². The highest BCUT2D eigenvalue weighted by atomic mass is 16.5. The van der Waals surface area contributed by atoms with E-state index >= 15 is 0 Å². The first-order valence-corrected chi connectivity index (χ1v) is 7.66. The van der Waals surface area contributed by atoms with Crippen LogP contribution < -0.4 is 0 Å². The number of pyridine rings is 1. The van der Waals surface area contributed by atoms with Crippen LogP contribution in [0.2, 0.25) is 0 Å². The fourth-order valence-electron chi connectivity index (χ4n) is 3.52. The lowest BCUT2D eigenvalue weighted by molar-refractivity contribution is 0.00736. The number of rotatable bonds is 3. The smallest absolute Gasteiger partial charge is 0.339 e. The Balaban J connectivity index is 1.56. The molecule has 1 aromatic rings. The summed E-state index contributed by atoms with van der Waals surface area (Å²) in [5, 5.41) is 0. The first-order valence-electron chi connectivity index (χ1n) is 7.66. The second-order valence-corrected chi connectivity index (χ2v) is 5.84. The van der Waals surface area contributed by atoms with Crippen LogP contribution in [-0.2, 0) is 4.74 Å². The number of aromatic nitrogens is 1. The molecule has 0 N–H and O–H groups in total. The summed E-state index contributed by atoms with van der Waals surface area (Å²) in [4.78, 5) is 18.5. The van der Waals surface area contributed by atoms with Gasteiger partial charge < -0.3 is 4.74 Å². The predicted octanol–water partition coefficient (Wildman–Crippen LogP) is 2.50. The van der Waals surface area contributed by atoms with Gasteiger partial charge in [-0.1, -0.05) is 6.42 Å². The summed E-state index contributed by atoms with van der Waals surface area (Å²) in [5.41, 5.74) is 0.545. The Morgan fingerprint density at radius 2 is 2.20 bits per heavy atom. The van der Waals surface area contributed by atoms with Gasteiger partial charge in [0.2, 0.25) is 0 Å². The summed E-state index contributed by atoms with van der Waals surface area (Å²) in [6, 6.07) is 4.14. The van der Waals surface area contributed by atoms with Crippen molar-refractivity contribution in [3.8, 4) is 0 Å². The van der Waals surface area contributed by atoms with E-state index in [0.717, 1.165) is 0 Å². The maximum absolute atomic E-state index is 12.0. The number of carbonyl (C=O) groups excluding carboxylic acids is 1. The largest absolute Gasteiger partial charge is 0.462 e. The van der Waals surface area contributed by atoms with E-state index in [1.165, 1.54) is 45.2 Å². The summed E-state index contributed by atoms with van der Waals surface area (Å²) in [5.74, 6) is 0.260. The number of esters is 1. The van der Waals surface area contributed by atoms with E-state index in [1.54, 1.807) is 24.5 Å². The average Bonchev–Trinajstić information content (AvgIpc) is 2.53. The predicted molar refractivity (Wildman–Crippen MR) is 76.5 cm³/mol. The minimum Gasteiger partial charge on any atom is -0.462 e. The molecule has 0 radical (unpaired) electrons. The van der Waals surface area contributed by atoms with E-state index in [-0.39, 0.29) is 5.97 Å². The number of hydrogen-bond acceptors (Lipinski definition) is 4. The molecular formula is C16H22N2O2. The molecular weight excluding hydrogens is 252 g/mol. The van der Waals surface area contributed by atoms with E-state index in [0.29, 0.717) is 24.1 Å². The molecule has 3 heterocycles. The van der Waals surface area contributed by atoms with Gasteiger partial charge in [0, 0.05) is 24.4 Å². The molecule has 4 nitrogen and oxygen atoms in total. The van der Waals surface area contributed by atoms with Crippen LogP contribution in [0.4, 0.5) is 0 Å². The zero-order chi connectivity index (χ0) is 13.8. The molecule has 4 heteroatoms. The van der Waals surface area contributed by atoms with E-state index < -0.39 is 0 Å². The number of nitrogens with zero attached hydrogens (tertiary/aromatic N) is 2. The van der Waals surface area contributed by atoms with Crippen molar-refractivity contribution in [1.29, 1.82) is 0 Å². The Morgan fingerprint density at radius 1 is 1.30 bits per heavy atom. The van der Waals surface area contributed by atoms with Gasteiger partial charge in [0.1, 0.15) is 0 Å².